The number of halogens is 2. The second kappa shape index (κ2) is 8.83. The summed E-state index contributed by atoms with van der Waals surface area (Å²) < 4.78 is 5.24. The normalized spacial score (nSPS) is 20.7. The van der Waals surface area contributed by atoms with Crippen molar-refractivity contribution < 1.29 is 14.1 Å². The maximum Gasteiger partial charge on any atom is 0.254 e. The van der Waals surface area contributed by atoms with Gasteiger partial charge in [-0.1, -0.05) is 28.4 Å². The molecule has 10 heteroatoms. The van der Waals surface area contributed by atoms with Crippen LogP contribution in [0.25, 0.3) is 0 Å². The summed E-state index contributed by atoms with van der Waals surface area (Å²) in [6.07, 6.45) is 4.60. The van der Waals surface area contributed by atoms with Gasteiger partial charge in [-0.3, -0.25) is 14.6 Å². The first-order valence-corrected chi connectivity index (χ1v) is 11.7. The van der Waals surface area contributed by atoms with Crippen LogP contribution in [0.4, 0.5) is 0 Å². The number of aromatic nitrogens is 1. The number of carbonyl (C=O) groups is 2. The van der Waals surface area contributed by atoms with Crippen LogP contribution in [0.15, 0.2) is 45.2 Å². The van der Waals surface area contributed by atoms with E-state index in [1.807, 2.05) is 0 Å². The number of benzene rings is 1. The van der Waals surface area contributed by atoms with Gasteiger partial charge in [-0.15, -0.1) is 0 Å². The zero-order chi connectivity index (χ0) is 23.1. The van der Waals surface area contributed by atoms with E-state index in [9.17, 15) is 9.59 Å². The minimum atomic E-state index is -0.305. The SMILES string of the molecule is NC1=C(C2=NCC(C(=O)NC3CC3)Cc3conc32)CN(C(=O)c2ccc(Cl)c(Cl)c2)CC1. The number of carbonyl (C=O) groups excluding carboxylic acids is 2. The summed E-state index contributed by atoms with van der Waals surface area (Å²) in [6.45, 7) is 1.07. The molecule has 8 nitrogen and oxygen atoms in total. The van der Waals surface area contributed by atoms with Crippen molar-refractivity contribution in [3.05, 3.63) is 62.6 Å². The van der Waals surface area contributed by atoms with Gasteiger partial charge >= 0.3 is 0 Å². The quantitative estimate of drug-likeness (QED) is 0.687. The minimum absolute atomic E-state index is 0.00309. The maximum absolute atomic E-state index is 13.1. The summed E-state index contributed by atoms with van der Waals surface area (Å²) in [5.74, 6) is -0.480. The fraction of sp³-hybridized carbons (Fsp3) is 0.391. The van der Waals surface area contributed by atoms with Gasteiger partial charge in [0.25, 0.3) is 5.91 Å². The van der Waals surface area contributed by atoms with Crippen LogP contribution >= 0.6 is 23.2 Å². The predicted octanol–water partition coefficient (Wildman–Crippen LogP) is 2.98. The lowest BCUT2D eigenvalue weighted by Crippen LogP contribution is -2.40. The summed E-state index contributed by atoms with van der Waals surface area (Å²) in [5, 5.41) is 7.94. The van der Waals surface area contributed by atoms with Crippen molar-refractivity contribution in [3.63, 3.8) is 0 Å². The molecule has 3 aliphatic rings. The Labute approximate surface area is 200 Å². The molecule has 1 saturated carbocycles. The maximum atomic E-state index is 13.1. The minimum Gasteiger partial charge on any atom is -0.402 e. The first-order chi connectivity index (χ1) is 15.9. The van der Waals surface area contributed by atoms with Crippen molar-refractivity contribution in [2.75, 3.05) is 19.6 Å². The summed E-state index contributed by atoms with van der Waals surface area (Å²) in [4.78, 5) is 32.3. The second-order valence-electron chi connectivity index (χ2n) is 8.67. The van der Waals surface area contributed by atoms with Crippen LogP contribution < -0.4 is 11.1 Å². The van der Waals surface area contributed by atoms with Crippen molar-refractivity contribution in [1.29, 1.82) is 0 Å². The molecule has 0 spiro atoms. The van der Waals surface area contributed by atoms with E-state index in [1.165, 1.54) is 0 Å². The molecule has 2 aromatic rings. The fourth-order valence-electron chi connectivity index (χ4n) is 4.15. The topological polar surface area (TPSA) is 114 Å². The van der Waals surface area contributed by atoms with Gasteiger partial charge in [-0.05, 0) is 37.5 Å². The van der Waals surface area contributed by atoms with E-state index in [-0.39, 0.29) is 30.3 Å². The molecule has 3 heterocycles. The average molecular weight is 488 g/mol. The standard InChI is InChI=1S/C23H23Cl2N5O3/c24-17-4-1-12(8-18(17)25)23(32)30-6-5-19(26)16(10-30)21-20-14(11-33-29-20)7-13(9-27-21)22(31)28-15-2-3-15/h1,4,8,11,13,15H,2-3,5-7,9-10,26H2,(H,28,31). The Morgan fingerprint density at radius 3 is 2.79 bits per heavy atom. The Balaban J connectivity index is 1.41. The molecule has 1 aromatic carbocycles. The van der Waals surface area contributed by atoms with Gasteiger partial charge in [0.2, 0.25) is 5.91 Å². The number of nitrogens with zero attached hydrogens (tertiary/aromatic N) is 3. The number of fused-ring (bicyclic) bond motifs is 1. The van der Waals surface area contributed by atoms with E-state index in [2.05, 4.69) is 10.5 Å². The molecule has 1 aromatic heterocycles. The van der Waals surface area contributed by atoms with E-state index in [0.717, 1.165) is 24.0 Å². The lowest BCUT2D eigenvalue weighted by atomic mass is 9.95. The lowest BCUT2D eigenvalue weighted by Gasteiger charge is -2.30. The number of nitrogens with one attached hydrogen (secondary N) is 1. The summed E-state index contributed by atoms with van der Waals surface area (Å²) in [6, 6.07) is 5.11. The number of rotatable bonds is 4. The Morgan fingerprint density at radius 2 is 2.03 bits per heavy atom. The molecule has 0 saturated heterocycles. The molecular weight excluding hydrogens is 465 g/mol. The fourth-order valence-corrected chi connectivity index (χ4v) is 4.45. The molecule has 1 fully saturated rings. The highest BCUT2D eigenvalue weighted by atomic mass is 35.5. The zero-order valence-electron chi connectivity index (χ0n) is 17.8. The van der Waals surface area contributed by atoms with Gasteiger partial charge < -0.3 is 20.5 Å². The Bertz CT molecular complexity index is 1180. The van der Waals surface area contributed by atoms with Crippen LogP contribution in [0.2, 0.25) is 10.0 Å². The smallest absolute Gasteiger partial charge is 0.254 e. The van der Waals surface area contributed by atoms with Crippen molar-refractivity contribution in [2.45, 2.75) is 31.7 Å². The highest BCUT2D eigenvalue weighted by Gasteiger charge is 2.34. The third kappa shape index (κ3) is 4.50. The first kappa shape index (κ1) is 22.0. The molecule has 5 rings (SSSR count). The molecule has 2 aliphatic heterocycles. The van der Waals surface area contributed by atoms with Gasteiger partial charge in [0.05, 0.1) is 28.2 Å². The van der Waals surface area contributed by atoms with Gasteiger partial charge in [-0.2, -0.15) is 0 Å². The van der Waals surface area contributed by atoms with Gasteiger partial charge in [0.1, 0.15) is 12.0 Å². The Hall–Kier alpha value is -2.84. The van der Waals surface area contributed by atoms with Crippen molar-refractivity contribution in [3.8, 4) is 0 Å². The predicted molar refractivity (Wildman–Crippen MR) is 124 cm³/mol. The molecule has 1 atom stereocenters. The number of hydrogen-bond donors (Lipinski definition) is 2. The second-order valence-corrected chi connectivity index (χ2v) is 9.49. The lowest BCUT2D eigenvalue weighted by molar-refractivity contribution is -0.124. The zero-order valence-corrected chi connectivity index (χ0v) is 19.3. The number of aliphatic imine (C=N–C) groups is 1. The Kier molecular flexibility index (Phi) is 5.88. The average Bonchev–Trinajstić information content (AvgIpc) is 3.54. The molecule has 172 valence electrons. The highest BCUT2D eigenvalue weighted by Crippen LogP contribution is 2.28. The number of nitrogens with two attached hydrogens (primary N) is 1. The van der Waals surface area contributed by atoms with Crippen LogP contribution in [0.5, 0.6) is 0 Å². The van der Waals surface area contributed by atoms with Gasteiger partial charge in [0.15, 0.2) is 0 Å². The molecule has 1 unspecified atom stereocenters. The highest BCUT2D eigenvalue weighted by molar-refractivity contribution is 6.42. The van der Waals surface area contributed by atoms with Gasteiger partial charge in [0, 0.05) is 47.9 Å². The van der Waals surface area contributed by atoms with E-state index in [1.54, 1.807) is 29.4 Å². The Morgan fingerprint density at radius 1 is 1.21 bits per heavy atom. The van der Waals surface area contributed by atoms with E-state index < -0.39 is 0 Å². The van der Waals surface area contributed by atoms with Crippen LogP contribution in [0.3, 0.4) is 0 Å². The van der Waals surface area contributed by atoms with Crippen LogP contribution in [0.1, 0.15) is 40.9 Å². The summed E-state index contributed by atoms with van der Waals surface area (Å²) in [5.41, 5.74) is 10.2. The van der Waals surface area contributed by atoms with Crippen LogP contribution in [-0.4, -0.2) is 53.3 Å². The first-order valence-electron chi connectivity index (χ1n) is 10.9. The molecule has 3 N–H and O–H groups in total. The third-order valence-electron chi connectivity index (χ3n) is 6.23. The number of amides is 2. The van der Waals surface area contributed by atoms with Crippen molar-refractivity contribution in [2.24, 2.45) is 16.6 Å². The van der Waals surface area contributed by atoms with Crippen molar-refractivity contribution in [1.82, 2.24) is 15.4 Å². The monoisotopic (exact) mass is 487 g/mol. The van der Waals surface area contributed by atoms with Crippen LogP contribution in [0, 0.1) is 5.92 Å². The molecule has 1 aliphatic carbocycles. The molecule has 0 radical (unpaired) electrons. The van der Waals surface area contributed by atoms with Crippen LogP contribution in [-0.2, 0) is 11.2 Å². The molecule has 33 heavy (non-hydrogen) atoms. The largest absolute Gasteiger partial charge is 0.402 e. The van der Waals surface area contributed by atoms with Crippen molar-refractivity contribution >= 4 is 40.7 Å². The third-order valence-corrected chi connectivity index (χ3v) is 6.96. The molecular formula is C23H23Cl2N5O3. The van der Waals surface area contributed by atoms with E-state index in [4.69, 9.17) is 38.5 Å². The van der Waals surface area contributed by atoms with E-state index >= 15 is 0 Å². The van der Waals surface area contributed by atoms with E-state index in [0.29, 0.717) is 58.6 Å². The number of hydrogen-bond acceptors (Lipinski definition) is 6. The summed E-state index contributed by atoms with van der Waals surface area (Å²) in [7, 11) is 0. The summed E-state index contributed by atoms with van der Waals surface area (Å²) >= 11 is 12.1. The van der Waals surface area contributed by atoms with Gasteiger partial charge in [-0.25, -0.2) is 0 Å². The molecule has 2 amide bonds. The molecule has 0 bridgehead atoms.